The van der Waals surface area contributed by atoms with Crippen LogP contribution in [0.3, 0.4) is 0 Å². The van der Waals surface area contributed by atoms with Gasteiger partial charge < -0.3 is 10.1 Å². The highest BCUT2D eigenvalue weighted by molar-refractivity contribution is 5.11. The van der Waals surface area contributed by atoms with Crippen molar-refractivity contribution in [2.45, 2.75) is 59.1 Å². The zero-order valence-corrected chi connectivity index (χ0v) is 11.9. The minimum Gasteiger partial charge on any atom is -0.494 e. The Kier molecular flexibility index (Phi) is 5.26. The first-order valence-electron chi connectivity index (χ1n) is 6.64. The summed E-state index contributed by atoms with van der Waals surface area (Å²) >= 11 is 0. The predicted molar refractivity (Wildman–Crippen MR) is 73.9 cm³/mol. The van der Waals surface area contributed by atoms with E-state index in [9.17, 15) is 0 Å². The molecule has 2 nitrogen and oxygen atoms in total. The molecule has 1 heterocycles. The van der Waals surface area contributed by atoms with Gasteiger partial charge in [-0.15, -0.1) is 0 Å². The van der Waals surface area contributed by atoms with Crippen LogP contribution in [0.5, 0.6) is 0 Å². The number of ether oxygens (including phenoxy) is 1. The van der Waals surface area contributed by atoms with Crippen molar-refractivity contribution in [1.82, 2.24) is 5.32 Å². The lowest BCUT2D eigenvalue weighted by Crippen LogP contribution is -2.37. The standard InChI is InChI=1S/C15H27NO/c1-12(2)13(11-16-15(3,4)5)10-14-8-6-7-9-17-14/h7,9-10,12,14,16H,6,8,11H2,1-5H3/b13-10-. The third-order valence-electron chi connectivity index (χ3n) is 2.93. The molecule has 0 amide bonds. The van der Waals surface area contributed by atoms with Crippen LogP contribution < -0.4 is 5.32 Å². The molecule has 0 aromatic rings. The average molecular weight is 237 g/mol. The molecule has 1 rings (SSSR count). The molecule has 1 aliphatic rings. The van der Waals surface area contributed by atoms with E-state index in [0.717, 1.165) is 19.4 Å². The first-order valence-corrected chi connectivity index (χ1v) is 6.64. The number of rotatable bonds is 4. The minimum absolute atomic E-state index is 0.168. The van der Waals surface area contributed by atoms with E-state index in [-0.39, 0.29) is 11.6 Å². The van der Waals surface area contributed by atoms with Crippen LogP contribution in [0.1, 0.15) is 47.5 Å². The van der Waals surface area contributed by atoms with Gasteiger partial charge >= 0.3 is 0 Å². The Morgan fingerprint density at radius 2 is 2.18 bits per heavy atom. The summed E-state index contributed by atoms with van der Waals surface area (Å²) in [5.74, 6) is 0.569. The van der Waals surface area contributed by atoms with Crippen molar-refractivity contribution in [1.29, 1.82) is 0 Å². The Bertz CT molecular complexity index is 284. The normalized spacial score (nSPS) is 21.8. The minimum atomic E-state index is 0.168. The Balaban J connectivity index is 2.58. The molecule has 2 heteroatoms. The highest BCUT2D eigenvalue weighted by Gasteiger charge is 2.14. The second kappa shape index (κ2) is 6.25. The summed E-state index contributed by atoms with van der Waals surface area (Å²) < 4.78 is 5.61. The van der Waals surface area contributed by atoms with Gasteiger partial charge in [-0.25, -0.2) is 0 Å². The van der Waals surface area contributed by atoms with E-state index >= 15 is 0 Å². The van der Waals surface area contributed by atoms with E-state index in [1.165, 1.54) is 5.57 Å². The molecule has 0 radical (unpaired) electrons. The molecule has 1 unspecified atom stereocenters. The topological polar surface area (TPSA) is 21.3 Å². The Labute approximate surface area is 106 Å². The van der Waals surface area contributed by atoms with Gasteiger partial charge in [0.2, 0.25) is 0 Å². The zero-order valence-electron chi connectivity index (χ0n) is 11.9. The van der Waals surface area contributed by atoms with Gasteiger partial charge in [-0.3, -0.25) is 0 Å². The number of hydrogen-bond donors (Lipinski definition) is 1. The van der Waals surface area contributed by atoms with Gasteiger partial charge in [0.05, 0.1) is 6.26 Å². The number of allylic oxidation sites excluding steroid dienone is 1. The molecule has 0 fully saturated rings. The molecular formula is C15H27NO. The van der Waals surface area contributed by atoms with Crippen LogP contribution in [0, 0.1) is 5.92 Å². The van der Waals surface area contributed by atoms with Crippen molar-refractivity contribution in [3.8, 4) is 0 Å². The maximum absolute atomic E-state index is 5.61. The quantitative estimate of drug-likeness (QED) is 0.754. The Hall–Kier alpha value is -0.760. The van der Waals surface area contributed by atoms with Gasteiger partial charge in [0.25, 0.3) is 0 Å². The van der Waals surface area contributed by atoms with Crippen molar-refractivity contribution in [2.24, 2.45) is 5.92 Å². The lowest BCUT2D eigenvalue weighted by Gasteiger charge is -2.25. The average Bonchev–Trinajstić information content (AvgIpc) is 2.24. The van der Waals surface area contributed by atoms with E-state index in [1.54, 1.807) is 0 Å². The van der Waals surface area contributed by atoms with Crippen molar-refractivity contribution in [3.05, 3.63) is 24.0 Å². The lowest BCUT2D eigenvalue weighted by molar-refractivity contribution is 0.163. The smallest absolute Gasteiger partial charge is 0.117 e. The van der Waals surface area contributed by atoms with E-state index < -0.39 is 0 Å². The van der Waals surface area contributed by atoms with Crippen LogP contribution in [0.4, 0.5) is 0 Å². The molecule has 0 bridgehead atoms. The maximum Gasteiger partial charge on any atom is 0.117 e. The summed E-state index contributed by atoms with van der Waals surface area (Å²) in [7, 11) is 0. The number of nitrogens with one attached hydrogen (secondary N) is 1. The molecule has 0 saturated heterocycles. The molecule has 0 saturated carbocycles. The van der Waals surface area contributed by atoms with E-state index in [1.807, 2.05) is 6.26 Å². The molecule has 98 valence electrons. The van der Waals surface area contributed by atoms with Crippen LogP contribution >= 0.6 is 0 Å². The van der Waals surface area contributed by atoms with Crippen LogP contribution in [0.15, 0.2) is 24.0 Å². The molecule has 0 spiro atoms. The zero-order chi connectivity index (χ0) is 12.9. The van der Waals surface area contributed by atoms with Crippen LogP contribution in [-0.2, 0) is 4.74 Å². The Morgan fingerprint density at radius 3 is 2.65 bits per heavy atom. The van der Waals surface area contributed by atoms with Gasteiger partial charge in [0, 0.05) is 12.1 Å². The lowest BCUT2D eigenvalue weighted by atomic mass is 9.98. The fourth-order valence-corrected chi connectivity index (χ4v) is 1.74. The molecule has 0 aromatic heterocycles. The van der Waals surface area contributed by atoms with Crippen LogP contribution in [0.2, 0.25) is 0 Å². The third-order valence-corrected chi connectivity index (χ3v) is 2.93. The number of hydrogen-bond acceptors (Lipinski definition) is 2. The molecule has 0 aliphatic carbocycles. The molecular weight excluding hydrogens is 210 g/mol. The van der Waals surface area contributed by atoms with Gasteiger partial charge in [0.1, 0.15) is 6.10 Å². The molecule has 1 atom stereocenters. The second-order valence-electron chi connectivity index (χ2n) is 6.12. The third kappa shape index (κ3) is 5.92. The highest BCUT2D eigenvalue weighted by atomic mass is 16.5. The van der Waals surface area contributed by atoms with Crippen LogP contribution in [0.25, 0.3) is 0 Å². The van der Waals surface area contributed by atoms with E-state index in [0.29, 0.717) is 5.92 Å². The van der Waals surface area contributed by atoms with Gasteiger partial charge in [-0.05, 0) is 51.7 Å². The largest absolute Gasteiger partial charge is 0.494 e. The Morgan fingerprint density at radius 1 is 1.47 bits per heavy atom. The maximum atomic E-state index is 5.61. The van der Waals surface area contributed by atoms with Crippen molar-refractivity contribution in [3.63, 3.8) is 0 Å². The predicted octanol–water partition coefficient (Wildman–Crippen LogP) is 3.65. The summed E-state index contributed by atoms with van der Waals surface area (Å²) in [6.07, 6.45) is 8.71. The molecule has 0 aromatic carbocycles. The van der Waals surface area contributed by atoms with Gasteiger partial charge in [-0.2, -0.15) is 0 Å². The highest BCUT2D eigenvalue weighted by Crippen LogP contribution is 2.17. The summed E-state index contributed by atoms with van der Waals surface area (Å²) in [6, 6.07) is 0. The van der Waals surface area contributed by atoms with Crippen molar-refractivity contribution >= 4 is 0 Å². The molecule has 1 N–H and O–H groups in total. The second-order valence-corrected chi connectivity index (χ2v) is 6.12. The van der Waals surface area contributed by atoms with Crippen molar-refractivity contribution in [2.75, 3.05) is 6.54 Å². The summed E-state index contributed by atoms with van der Waals surface area (Å²) in [4.78, 5) is 0. The fraction of sp³-hybridized carbons (Fsp3) is 0.733. The SMILES string of the molecule is CC(C)/C(=C\C1CCC=CO1)CNC(C)(C)C. The fourth-order valence-electron chi connectivity index (χ4n) is 1.74. The van der Waals surface area contributed by atoms with Crippen molar-refractivity contribution < 1.29 is 4.74 Å². The van der Waals surface area contributed by atoms with Gasteiger partial charge in [-0.1, -0.05) is 19.4 Å². The van der Waals surface area contributed by atoms with Crippen LogP contribution in [-0.4, -0.2) is 18.2 Å². The summed E-state index contributed by atoms with van der Waals surface area (Å²) in [5, 5.41) is 3.55. The van der Waals surface area contributed by atoms with E-state index in [2.05, 4.69) is 52.1 Å². The summed E-state index contributed by atoms with van der Waals surface area (Å²) in [6.45, 7) is 12.0. The monoisotopic (exact) mass is 237 g/mol. The first kappa shape index (κ1) is 14.3. The van der Waals surface area contributed by atoms with E-state index in [4.69, 9.17) is 4.74 Å². The van der Waals surface area contributed by atoms with Gasteiger partial charge in [0.15, 0.2) is 0 Å². The first-order chi connectivity index (χ1) is 7.88. The molecule has 17 heavy (non-hydrogen) atoms. The molecule has 1 aliphatic heterocycles. The summed E-state index contributed by atoms with van der Waals surface area (Å²) in [5.41, 5.74) is 1.61.